The van der Waals surface area contributed by atoms with Crippen molar-refractivity contribution in [2.45, 2.75) is 13.8 Å². The van der Waals surface area contributed by atoms with Crippen LogP contribution < -0.4 is 10.1 Å². The zero-order chi connectivity index (χ0) is 12.0. The molecule has 0 saturated heterocycles. The van der Waals surface area contributed by atoms with E-state index in [9.17, 15) is 4.79 Å². The highest BCUT2D eigenvalue weighted by atomic mass is 16.5. The molecule has 0 spiro atoms. The summed E-state index contributed by atoms with van der Waals surface area (Å²) in [5.74, 6) is 1.02. The number of carbonyl (C=O) groups excluding carboxylic acids is 1. The monoisotopic (exact) mass is 219 g/mol. The van der Waals surface area contributed by atoms with Gasteiger partial charge in [0.25, 0.3) is 0 Å². The van der Waals surface area contributed by atoms with Crippen molar-refractivity contribution in [3.8, 4) is 5.75 Å². The van der Waals surface area contributed by atoms with Crippen LogP contribution in [0.25, 0.3) is 0 Å². The summed E-state index contributed by atoms with van der Waals surface area (Å²) in [5, 5.41) is 2.68. The Morgan fingerprint density at radius 3 is 2.94 bits per heavy atom. The molecule has 0 aliphatic heterocycles. The van der Waals surface area contributed by atoms with Gasteiger partial charge in [0.05, 0.1) is 6.61 Å². The molecule has 1 rings (SSSR count). The van der Waals surface area contributed by atoms with Crippen LogP contribution in [0, 0.1) is 5.92 Å². The van der Waals surface area contributed by atoms with Crippen molar-refractivity contribution in [1.82, 2.24) is 0 Å². The van der Waals surface area contributed by atoms with Crippen molar-refractivity contribution in [2.24, 2.45) is 5.92 Å². The number of ether oxygens (including phenoxy) is 1. The molecule has 0 aliphatic rings. The molecular formula is C13H17NO2. The summed E-state index contributed by atoms with van der Waals surface area (Å²) in [7, 11) is 0. The number of benzene rings is 1. The third-order valence-corrected chi connectivity index (χ3v) is 1.87. The summed E-state index contributed by atoms with van der Waals surface area (Å²) in [6.45, 7) is 8.23. The number of anilines is 1. The van der Waals surface area contributed by atoms with Gasteiger partial charge in [-0.05, 0) is 24.1 Å². The van der Waals surface area contributed by atoms with Crippen LogP contribution in [0.2, 0.25) is 0 Å². The normalized spacial score (nSPS) is 9.94. The summed E-state index contributed by atoms with van der Waals surface area (Å²) in [4.78, 5) is 11.1. The van der Waals surface area contributed by atoms with Crippen molar-refractivity contribution in [3.63, 3.8) is 0 Å². The summed E-state index contributed by atoms with van der Waals surface area (Å²) < 4.78 is 5.55. The fraction of sp³-hybridized carbons (Fsp3) is 0.308. The third-order valence-electron chi connectivity index (χ3n) is 1.87. The van der Waals surface area contributed by atoms with E-state index < -0.39 is 0 Å². The Bertz CT molecular complexity index is 372. The highest BCUT2D eigenvalue weighted by Gasteiger charge is 2.00. The van der Waals surface area contributed by atoms with E-state index in [1.807, 2.05) is 18.2 Å². The number of amides is 1. The second-order valence-electron chi connectivity index (χ2n) is 3.93. The first-order valence-electron chi connectivity index (χ1n) is 5.28. The van der Waals surface area contributed by atoms with E-state index in [4.69, 9.17) is 4.74 Å². The van der Waals surface area contributed by atoms with E-state index in [1.54, 1.807) is 6.07 Å². The minimum Gasteiger partial charge on any atom is -0.493 e. The lowest BCUT2D eigenvalue weighted by Gasteiger charge is -2.10. The molecule has 1 amide bonds. The average molecular weight is 219 g/mol. The van der Waals surface area contributed by atoms with E-state index >= 15 is 0 Å². The third kappa shape index (κ3) is 4.17. The topological polar surface area (TPSA) is 38.3 Å². The first kappa shape index (κ1) is 12.3. The van der Waals surface area contributed by atoms with Crippen LogP contribution in [-0.2, 0) is 4.79 Å². The lowest BCUT2D eigenvalue weighted by molar-refractivity contribution is -0.111. The van der Waals surface area contributed by atoms with Crippen LogP contribution in [-0.4, -0.2) is 12.5 Å². The molecular weight excluding hydrogens is 202 g/mol. The molecule has 0 fully saturated rings. The van der Waals surface area contributed by atoms with E-state index in [1.165, 1.54) is 6.08 Å². The van der Waals surface area contributed by atoms with Crippen molar-refractivity contribution in [2.75, 3.05) is 11.9 Å². The second-order valence-corrected chi connectivity index (χ2v) is 3.93. The van der Waals surface area contributed by atoms with Crippen molar-refractivity contribution in [1.29, 1.82) is 0 Å². The van der Waals surface area contributed by atoms with Crippen molar-refractivity contribution >= 4 is 11.6 Å². The zero-order valence-electron chi connectivity index (χ0n) is 9.69. The SMILES string of the molecule is C=CC(=O)Nc1cccc(OCC(C)C)c1. The molecule has 0 bridgehead atoms. The predicted octanol–water partition coefficient (Wildman–Crippen LogP) is 2.85. The minimum absolute atomic E-state index is 0.221. The van der Waals surface area contributed by atoms with Crippen molar-refractivity contribution < 1.29 is 9.53 Å². The molecule has 0 atom stereocenters. The zero-order valence-corrected chi connectivity index (χ0v) is 9.69. The van der Waals surface area contributed by atoms with Crippen LogP contribution in [0.15, 0.2) is 36.9 Å². The molecule has 0 aromatic heterocycles. The highest BCUT2D eigenvalue weighted by Crippen LogP contribution is 2.17. The minimum atomic E-state index is -0.221. The smallest absolute Gasteiger partial charge is 0.247 e. The molecule has 0 unspecified atom stereocenters. The molecule has 3 heteroatoms. The lowest BCUT2D eigenvalue weighted by atomic mass is 10.2. The fourth-order valence-electron chi connectivity index (χ4n) is 1.12. The van der Waals surface area contributed by atoms with E-state index in [-0.39, 0.29) is 5.91 Å². The van der Waals surface area contributed by atoms with Gasteiger partial charge in [0.15, 0.2) is 0 Å². The number of rotatable bonds is 5. The Kier molecular flexibility index (Phi) is 4.58. The van der Waals surface area contributed by atoms with Gasteiger partial charge in [0, 0.05) is 11.8 Å². The quantitative estimate of drug-likeness (QED) is 0.773. The van der Waals surface area contributed by atoms with Gasteiger partial charge >= 0.3 is 0 Å². The van der Waals surface area contributed by atoms with Gasteiger partial charge in [-0.2, -0.15) is 0 Å². The van der Waals surface area contributed by atoms with Gasteiger partial charge in [-0.15, -0.1) is 0 Å². The number of hydrogen-bond acceptors (Lipinski definition) is 2. The van der Waals surface area contributed by atoms with E-state index in [2.05, 4.69) is 25.7 Å². The van der Waals surface area contributed by atoms with Gasteiger partial charge in [-0.25, -0.2) is 0 Å². The Morgan fingerprint density at radius 2 is 2.31 bits per heavy atom. The molecule has 0 radical (unpaired) electrons. The Balaban J connectivity index is 2.63. The predicted molar refractivity (Wildman–Crippen MR) is 65.6 cm³/mol. The molecule has 3 nitrogen and oxygen atoms in total. The largest absolute Gasteiger partial charge is 0.493 e. The van der Waals surface area contributed by atoms with Crippen LogP contribution in [0.5, 0.6) is 5.75 Å². The van der Waals surface area contributed by atoms with Crippen LogP contribution >= 0.6 is 0 Å². The molecule has 1 N–H and O–H groups in total. The van der Waals surface area contributed by atoms with E-state index in [0.717, 1.165) is 5.75 Å². The first-order chi connectivity index (χ1) is 7.61. The maximum Gasteiger partial charge on any atom is 0.247 e. The molecule has 1 aromatic carbocycles. The van der Waals surface area contributed by atoms with Gasteiger partial charge in [-0.3, -0.25) is 4.79 Å². The first-order valence-corrected chi connectivity index (χ1v) is 5.28. The average Bonchev–Trinajstić information content (AvgIpc) is 2.26. The van der Waals surface area contributed by atoms with E-state index in [0.29, 0.717) is 18.2 Å². The molecule has 0 aliphatic carbocycles. The second kappa shape index (κ2) is 5.95. The van der Waals surface area contributed by atoms with Crippen LogP contribution in [0.4, 0.5) is 5.69 Å². The molecule has 0 saturated carbocycles. The maximum atomic E-state index is 11.1. The summed E-state index contributed by atoms with van der Waals surface area (Å²) in [6.07, 6.45) is 1.24. The summed E-state index contributed by atoms with van der Waals surface area (Å²) in [5.41, 5.74) is 0.714. The molecule has 1 aromatic rings. The number of carbonyl (C=O) groups is 1. The Hall–Kier alpha value is -1.77. The van der Waals surface area contributed by atoms with Gasteiger partial charge in [0.2, 0.25) is 5.91 Å². The Labute approximate surface area is 96.1 Å². The summed E-state index contributed by atoms with van der Waals surface area (Å²) in [6, 6.07) is 7.31. The Morgan fingerprint density at radius 1 is 1.56 bits per heavy atom. The number of nitrogens with one attached hydrogen (secondary N) is 1. The molecule has 86 valence electrons. The number of hydrogen-bond donors (Lipinski definition) is 1. The fourth-order valence-corrected chi connectivity index (χ4v) is 1.12. The van der Waals surface area contributed by atoms with Gasteiger partial charge in [-0.1, -0.05) is 26.5 Å². The van der Waals surface area contributed by atoms with Crippen LogP contribution in [0.1, 0.15) is 13.8 Å². The van der Waals surface area contributed by atoms with Crippen molar-refractivity contribution in [3.05, 3.63) is 36.9 Å². The molecule has 0 heterocycles. The van der Waals surface area contributed by atoms with Gasteiger partial charge < -0.3 is 10.1 Å². The standard InChI is InChI=1S/C13H17NO2/c1-4-13(15)14-11-6-5-7-12(8-11)16-9-10(2)3/h4-8,10H,1,9H2,2-3H3,(H,14,15). The highest BCUT2D eigenvalue weighted by molar-refractivity contribution is 5.98. The summed E-state index contributed by atoms with van der Waals surface area (Å²) >= 11 is 0. The van der Waals surface area contributed by atoms with Crippen LogP contribution in [0.3, 0.4) is 0 Å². The van der Waals surface area contributed by atoms with Gasteiger partial charge in [0.1, 0.15) is 5.75 Å². The molecule has 16 heavy (non-hydrogen) atoms. The maximum absolute atomic E-state index is 11.1. The lowest BCUT2D eigenvalue weighted by Crippen LogP contribution is -2.08.